The number of carbonyl (C=O) groups excluding carboxylic acids is 1. The number of hydrogen-bond acceptors (Lipinski definition) is 2. The third-order valence-electron chi connectivity index (χ3n) is 1.71. The lowest BCUT2D eigenvalue weighted by molar-refractivity contribution is 0.0955. The second kappa shape index (κ2) is 5.46. The molecule has 14 heavy (non-hydrogen) atoms. The van der Waals surface area contributed by atoms with Gasteiger partial charge in [0.15, 0.2) is 0 Å². The van der Waals surface area contributed by atoms with Gasteiger partial charge in [0.25, 0.3) is 5.91 Å². The van der Waals surface area contributed by atoms with Crippen LogP contribution in [0.5, 0.6) is 0 Å². The molecule has 74 valence electrons. The highest BCUT2D eigenvalue weighted by molar-refractivity contribution is 7.10. The molecule has 0 aliphatic rings. The molecule has 1 amide bonds. The highest BCUT2D eigenvalue weighted by Gasteiger charge is 2.05. The lowest BCUT2D eigenvalue weighted by Gasteiger charge is -1.99. The molecule has 0 aliphatic carbocycles. The number of aryl methyl sites for hydroxylation is 1. The molecule has 0 radical (unpaired) electrons. The number of nitrogens with one attached hydrogen (secondary N) is 1. The quantitative estimate of drug-likeness (QED) is 0.597. The summed E-state index contributed by atoms with van der Waals surface area (Å²) in [6.07, 6.45) is 0.714. The number of rotatable bonds is 3. The van der Waals surface area contributed by atoms with Crippen molar-refractivity contribution in [3.63, 3.8) is 0 Å². The topological polar surface area (TPSA) is 29.1 Å². The molecule has 1 rings (SSSR count). The molecule has 0 spiro atoms. The Morgan fingerprint density at radius 3 is 3.00 bits per heavy atom. The van der Waals surface area contributed by atoms with E-state index in [1.54, 1.807) is 18.3 Å². The molecule has 0 unspecified atom stereocenters. The van der Waals surface area contributed by atoms with E-state index in [0.29, 0.717) is 13.0 Å². The fourth-order valence-electron chi connectivity index (χ4n) is 1.03. The average molecular weight is 207 g/mol. The molecular formula is C11H13NOS. The second-order valence-corrected chi connectivity index (χ2v) is 3.99. The van der Waals surface area contributed by atoms with E-state index in [-0.39, 0.29) is 5.91 Å². The van der Waals surface area contributed by atoms with E-state index in [0.717, 1.165) is 10.4 Å². The van der Waals surface area contributed by atoms with Gasteiger partial charge in [-0.2, -0.15) is 0 Å². The fraction of sp³-hybridized carbons (Fsp3) is 0.364. The molecule has 0 fully saturated rings. The summed E-state index contributed by atoms with van der Waals surface area (Å²) >= 11 is 1.59. The van der Waals surface area contributed by atoms with Crippen LogP contribution in [0.15, 0.2) is 11.4 Å². The van der Waals surface area contributed by atoms with Crippen LogP contribution in [0, 0.1) is 18.8 Å². The van der Waals surface area contributed by atoms with E-state index >= 15 is 0 Å². The Morgan fingerprint density at radius 1 is 1.64 bits per heavy atom. The molecule has 0 atom stereocenters. The molecular weight excluding hydrogens is 194 g/mol. The van der Waals surface area contributed by atoms with Crippen LogP contribution in [-0.2, 0) is 0 Å². The van der Waals surface area contributed by atoms with Gasteiger partial charge in [-0.25, -0.2) is 0 Å². The Balaban J connectivity index is 2.38. The van der Waals surface area contributed by atoms with Gasteiger partial charge in [-0.05, 0) is 19.9 Å². The van der Waals surface area contributed by atoms with Crippen molar-refractivity contribution in [2.75, 3.05) is 6.54 Å². The Morgan fingerprint density at radius 2 is 2.43 bits per heavy atom. The Bertz CT molecular complexity index is 370. The summed E-state index contributed by atoms with van der Waals surface area (Å²) in [7, 11) is 0. The van der Waals surface area contributed by atoms with Crippen molar-refractivity contribution in [3.8, 4) is 11.8 Å². The summed E-state index contributed by atoms with van der Waals surface area (Å²) in [6, 6.07) is 1.89. The van der Waals surface area contributed by atoms with Crippen molar-refractivity contribution in [3.05, 3.63) is 21.9 Å². The van der Waals surface area contributed by atoms with Crippen LogP contribution in [0.3, 0.4) is 0 Å². The Hall–Kier alpha value is -1.27. The smallest absolute Gasteiger partial charge is 0.252 e. The summed E-state index contributed by atoms with van der Waals surface area (Å²) in [5.41, 5.74) is 0.747. The van der Waals surface area contributed by atoms with Crippen molar-refractivity contribution in [2.24, 2.45) is 0 Å². The van der Waals surface area contributed by atoms with E-state index in [4.69, 9.17) is 0 Å². The van der Waals surface area contributed by atoms with E-state index in [1.807, 2.05) is 18.4 Å². The minimum absolute atomic E-state index is 0.00717. The third-order valence-corrected chi connectivity index (χ3v) is 2.57. The molecule has 0 aromatic carbocycles. The van der Waals surface area contributed by atoms with E-state index in [9.17, 15) is 4.79 Å². The number of amides is 1. The number of hydrogen-bond donors (Lipinski definition) is 1. The highest BCUT2D eigenvalue weighted by Crippen LogP contribution is 2.12. The van der Waals surface area contributed by atoms with Gasteiger partial charge < -0.3 is 5.32 Å². The van der Waals surface area contributed by atoms with Crippen LogP contribution in [0.25, 0.3) is 0 Å². The summed E-state index contributed by atoms with van der Waals surface area (Å²) in [5, 5.41) is 4.68. The Labute approximate surface area is 88.3 Å². The second-order valence-electron chi connectivity index (χ2n) is 2.88. The molecule has 0 saturated carbocycles. The zero-order valence-electron chi connectivity index (χ0n) is 8.39. The maximum absolute atomic E-state index is 11.5. The number of carbonyl (C=O) groups is 1. The van der Waals surface area contributed by atoms with Gasteiger partial charge in [0.1, 0.15) is 0 Å². The maximum atomic E-state index is 11.5. The van der Waals surface area contributed by atoms with Gasteiger partial charge in [-0.15, -0.1) is 23.2 Å². The Kier molecular flexibility index (Phi) is 4.21. The van der Waals surface area contributed by atoms with Gasteiger partial charge in [0, 0.05) is 23.2 Å². The molecule has 3 heteroatoms. The van der Waals surface area contributed by atoms with Gasteiger partial charge in [0.2, 0.25) is 0 Å². The van der Waals surface area contributed by atoms with Crippen LogP contribution in [0.1, 0.15) is 28.6 Å². The molecule has 0 aliphatic heterocycles. The molecule has 0 saturated heterocycles. The number of thiophene rings is 1. The van der Waals surface area contributed by atoms with Gasteiger partial charge >= 0.3 is 0 Å². The lowest BCUT2D eigenvalue weighted by Crippen LogP contribution is -2.23. The average Bonchev–Trinajstić information content (AvgIpc) is 2.59. The standard InChI is InChI=1S/C11H13NOS/c1-3-4-5-6-12-11(13)10-7-9(2)14-8-10/h7-8H,5-6H2,1-2H3,(H,12,13). The van der Waals surface area contributed by atoms with Crippen molar-refractivity contribution in [1.29, 1.82) is 0 Å². The van der Waals surface area contributed by atoms with Gasteiger partial charge in [-0.3, -0.25) is 4.79 Å². The summed E-state index contributed by atoms with van der Waals surface area (Å²) in [5.74, 6) is 5.68. The lowest BCUT2D eigenvalue weighted by atomic mass is 10.3. The largest absolute Gasteiger partial charge is 0.351 e. The van der Waals surface area contributed by atoms with Crippen LogP contribution in [0.2, 0.25) is 0 Å². The minimum atomic E-state index is -0.00717. The van der Waals surface area contributed by atoms with Crippen LogP contribution < -0.4 is 5.32 Å². The first-order valence-corrected chi connectivity index (χ1v) is 5.35. The third kappa shape index (κ3) is 3.23. The molecule has 1 aromatic heterocycles. The first-order valence-electron chi connectivity index (χ1n) is 4.47. The van der Waals surface area contributed by atoms with Crippen LogP contribution in [0.4, 0.5) is 0 Å². The highest BCUT2D eigenvalue weighted by atomic mass is 32.1. The van der Waals surface area contributed by atoms with Crippen molar-refractivity contribution in [1.82, 2.24) is 5.32 Å². The maximum Gasteiger partial charge on any atom is 0.252 e. The molecule has 1 N–H and O–H groups in total. The predicted molar refractivity (Wildman–Crippen MR) is 59.5 cm³/mol. The fourth-order valence-corrected chi connectivity index (χ4v) is 1.71. The van der Waals surface area contributed by atoms with Crippen LogP contribution in [-0.4, -0.2) is 12.5 Å². The SMILES string of the molecule is CC#CCCNC(=O)c1csc(C)c1. The van der Waals surface area contributed by atoms with Gasteiger partial charge in [0.05, 0.1) is 5.56 Å². The molecule has 1 heterocycles. The van der Waals surface area contributed by atoms with Crippen LogP contribution >= 0.6 is 11.3 Å². The first-order chi connectivity index (χ1) is 6.74. The summed E-state index contributed by atoms with van der Waals surface area (Å²) in [4.78, 5) is 12.6. The molecule has 2 nitrogen and oxygen atoms in total. The van der Waals surface area contributed by atoms with Crippen molar-refractivity contribution < 1.29 is 4.79 Å². The van der Waals surface area contributed by atoms with E-state index in [2.05, 4.69) is 17.2 Å². The first kappa shape index (κ1) is 10.8. The molecule has 0 bridgehead atoms. The summed E-state index contributed by atoms with van der Waals surface area (Å²) < 4.78 is 0. The predicted octanol–water partition coefficient (Wildman–Crippen LogP) is 2.20. The van der Waals surface area contributed by atoms with E-state index in [1.165, 1.54) is 0 Å². The van der Waals surface area contributed by atoms with Gasteiger partial charge in [-0.1, -0.05) is 0 Å². The summed E-state index contributed by atoms with van der Waals surface area (Å²) in [6.45, 7) is 4.41. The minimum Gasteiger partial charge on any atom is -0.351 e. The normalized spacial score (nSPS) is 9.00. The zero-order valence-corrected chi connectivity index (χ0v) is 9.20. The zero-order chi connectivity index (χ0) is 10.4. The van der Waals surface area contributed by atoms with Crippen molar-refractivity contribution >= 4 is 17.2 Å². The van der Waals surface area contributed by atoms with Crippen molar-refractivity contribution in [2.45, 2.75) is 20.3 Å². The molecule has 1 aromatic rings. The monoisotopic (exact) mass is 207 g/mol. The van der Waals surface area contributed by atoms with E-state index < -0.39 is 0 Å².